The fourth-order valence-corrected chi connectivity index (χ4v) is 1.33. The summed E-state index contributed by atoms with van der Waals surface area (Å²) in [6.07, 6.45) is 0.800. The molecule has 1 amide bonds. The molecule has 16 heavy (non-hydrogen) atoms. The third-order valence-corrected chi connectivity index (χ3v) is 2.40. The minimum Gasteiger partial charge on any atom is -0.358 e. The first-order chi connectivity index (χ1) is 7.50. The van der Waals surface area contributed by atoms with E-state index in [0.29, 0.717) is 11.4 Å². The van der Waals surface area contributed by atoms with Gasteiger partial charge >= 0.3 is 5.82 Å². The van der Waals surface area contributed by atoms with E-state index in [0.717, 1.165) is 6.42 Å². The van der Waals surface area contributed by atoms with E-state index in [1.54, 1.807) is 0 Å². The highest BCUT2D eigenvalue weighted by molar-refractivity contribution is 9.09. The fourth-order valence-electron chi connectivity index (χ4n) is 1.10. The molecule has 88 valence electrons. The van der Waals surface area contributed by atoms with Crippen molar-refractivity contribution in [2.45, 2.75) is 18.2 Å². The van der Waals surface area contributed by atoms with Crippen molar-refractivity contribution in [3.8, 4) is 0 Å². The summed E-state index contributed by atoms with van der Waals surface area (Å²) in [5.41, 5.74) is 0.203. The van der Waals surface area contributed by atoms with Crippen molar-refractivity contribution >= 4 is 27.7 Å². The maximum Gasteiger partial charge on any atom is 0.321 e. The minimum atomic E-state index is -0.572. The fraction of sp³-hybridized carbons (Fsp3) is 0.444. The second-order valence-electron chi connectivity index (χ2n) is 3.34. The predicted octanol–water partition coefficient (Wildman–Crippen LogP) is 1.83. The van der Waals surface area contributed by atoms with E-state index in [9.17, 15) is 14.9 Å². The summed E-state index contributed by atoms with van der Waals surface area (Å²) < 4.78 is 0. The second kappa shape index (κ2) is 5.64. The molecule has 7 heteroatoms. The first kappa shape index (κ1) is 12.7. The molecule has 0 radical (unpaired) electrons. The van der Waals surface area contributed by atoms with Gasteiger partial charge in [-0.15, -0.1) is 0 Å². The summed E-state index contributed by atoms with van der Waals surface area (Å²) in [7, 11) is 0. The van der Waals surface area contributed by atoms with Crippen LogP contribution in [-0.4, -0.2) is 27.2 Å². The van der Waals surface area contributed by atoms with Gasteiger partial charge in [0.15, 0.2) is 5.69 Å². The summed E-state index contributed by atoms with van der Waals surface area (Å²) in [6, 6.07) is 2.66. The summed E-state index contributed by atoms with van der Waals surface area (Å²) in [5, 5.41) is 13.0. The van der Waals surface area contributed by atoms with Crippen LogP contribution in [0.25, 0.3) is 0 Å². The number of aromatic nitrogens is 1. The van der Waals surface area contributed by atoms with Crippen LogP contribution in [0.4, 0.5) is 5.82 Å². The highest BCUT2D eigenvalue weighted by atomic mass is 79.9. The van der Waals surface area contributed by atoms with Crippen molar-refractivity contribution in [2.75, 3.05) is 6.54 Å². The van der Waals surface area contributed by atoms with Gasteiger partial charge in [-0.1, -0.05) is 22.9 Å². The lowest BCUT2D eigenvalue weighted by atomic mass is 10.3. The van der Waals surface area contributed by atoms with Gasteiger partial charge in [0.05, 0.1) is 0 Å². The third kappa shape index (κ3) is 3.65. The van der Waals surface area contributed by atoms with Crippen LogP contribution in [0, 0.1) is 10.1 Å². The van der Waals surface area contributed by atoms with Crippen LogP contribution in [0.5, 0.6) is 0 Å². The Balaban J connectivity index is 2.50. The predicted molar refractivity (Wildman–Crippen MR) is 62.8 cm³/mol. The Labute approximate surface area is 101 Å². The van der Waals surface area contributed by atoms with Gasteiger partial charge < -0.3 is 15.4 Å². The Bertz CT molecular complexity index is 389. The van der Waals surface area contributed by atoms with Gasteiger partial charge in [0, 0.05) is 17.4 Å². The van der Waals surface area contributed by atoms with Crippen molar-refractivity contribution in [3.05, 3.63) is 27.9 Å². The molecule has 0 saturated heterocycles. The number of carbonyl (C=O) groups is 1. The summed E-state index contributed by atoms with van der Waals surface area (Å²) in [5.74, 6) is -0.514. The molecule has 0 aliphatic rings. The summed E-state index contributed by atoms with van der Waals surface area (Å²) in [6.45, 7) is 2.50. The number of alkyl halides is 1. The largest absolute Gasteiger partial charge is 0.358 e. The van der Waals surface area contributed by atoms with Crippen LogP contribution in [0.15, 0.2) is 12.1 Å². The molecule has 0 aliphatic heterocycles. The van der Waals surface area contributed by atoms with E-state index in [1.165, 1.54) is 12.1 Å². The molecule has 0 saturated carbocycles. The van der Waals surface area contributed by atoms with Crippen LogP contribution >= 0.6 is 15.9 Å². The minimum absolute atomic E-state index is 0.181. The van der Waals surface area contributed by atoms with Crippen LogP contribution in [0.2, 0.25) is 0 Å². The van der Waals surface area contributed by atoms with Gasteiger partial charge in [-0.05, 0) is 17.4 Å². The molecule has 1 aromatic heterocycles. The van der Waals surface area contributed by atoms with Crippen molar-refractivity contribution in [1.29, 1.82) is 0 Å². The number of nitrogens with zero attached hydrogens (tertiary/aromatic N) is 1. The summed E-state index contributed by atoms with van der Waals surface area (Å²) in [4.78, 5) is 24.0. The van der Waals surface area contributed by atoms with E-state index in [1.807, 2.05) is 6.92 Å². The standard InChI is InChI=1S/C9H12BrN3O3/c1-6(10)4-5-11-9(14)7-2-3-8(12-7)13(15)16/h2-3,6,12H,4-5H2,1H3,(H,11,14). The van der Waals surface area contributed by atoms with Crippen LogP contribution in [0.1, 0.15) is 23.8 Å². The van der Waals surface area contributed by atoms with Gasteiger partial charge in [0.2, 0.25) is 0 Å². The number of aromatic amines is 1. The van der Waals surface area contributed by atoms with Crippen molar-refractivity contribution < 1.29 is 9.72 Å². The Morgan fingerprint density at radius 2 is 2.38 bits per heavy atom. The molecule has 1 atom stereocenters. The number of hydrogen-bond donors (Lipinski definition) is 2. The number of nitro groups is 1. The number of halogens is 1. The average Bonchev–Trinajstić information content (AvgIpc) is 2.65. The van der Waals surface area contributed by atoms with Gasteiger partial charge in [0.25, 0.3) is 5.91 Å². The molecule has 1 rings (SSSR count). The molecule has 0 bridgehead atoms. The molecule has 0 fully saturated rings. The first-order valence-electron chi connectivity index (χ1n) is 4.76. The SMILES string of the molecule is CC(Br)CCNC(=O)c1ccc([N+](=O)[O-])[nH]1. The third-order valence-electron chi connectivity index (χ3n) is 1.94. The number of H-pyrrole nitrogens is 1. The van der Waals surface area contributed by atoms with Crippen molar-refractivity contribution in [2.24, 2.45) is 0 Å². The molecule has 6 nitrogen and oxygen atoms in total. The maximum atomic E-state index is 11.5. The number of amides is 1. The quantitative estimate of drug-likeness (QED) is 0.492. The highest BCUT2D eigenvalue weighted by Gasteiger charge is 2.14. The number of rotatable bonds is 5. The molecular formula is C9H12BrN3O3. The Morgan fingerprint density at radius 1 is 1.69 bits per heavy atom. The smallest absolute Gasteiger partial charge is 0.321 e. The molecule has 0 aromatic carbocycles. The van der Waals surface area contributed by atoms with E-state index >= 15 is 0 Å². The monoisotopic (exact) mass is 289 g/mol. The molecule has 1 aromatic rings. The lowest BCUT2D eigenvalue weighted by Gasteiger charge is -2.03. The average molecular weight is 290 g/mol. The zero-order valence-corrected chi connectivity index (χ0v) is 10.3. The molecule has 1 unspecified atom stereocenters. The van der Waals surface area contributed by atoms with Crippen LogP contribution in [0.3, 0.4) is 0 Å². The van der Waals surface area contributed by atoms with E-state index < -0.39 is 4.92 Å². The maximum absolute atomic E-state index is 11.5. The lowest BCUT2D eigenvalue weighted by molar-refractivity contribution is -0.389. The van der Waals surface area contributed by atoms with Crippen molar-refractivity contribution in [3.63, 3.8) is 0 Å². The van der Waals surface area contributed by atoms with Gasteiger partial charge in [0.1, 0.15) is 0 Å². The van der Waals surface area contributed by atoms with Gasteiger partial charge in [-0.2, -0.15) is 0 Å². The zero-order chi connectivity index (χ0) is 12.1. The number of hydrogen-bond acceptors (Lipinski definition) is 3. The van der Waals surface area contributed by atoms with Crippen LogP contribution in [-0.2, 0) is 0 Å². The molecular weight excluding hydrogens is 278 g/mol. The highest BCUT2D eigenvalue weighted by Crippen LogP contribution is 2.09. The summed E-state index contributed by atoms with van der Waals surface area (Å²) >= 11 is 3.36. The number of carbonyl (C=O) groups excluding carboxylic acids is 1. The Hall–Kier alpha value is -1.37. The Morgan fingerprint density at radius 3 is 2.88 bits per heavy atom. The van der Waals surface area contributed by atoms with E-state index in [4.69, 9.17) is 0 Å². The number of nitrogens with one attached hydrogen (secondary N) is 2. The molecule has 1 heterocycles. The zero-order valence-electron chi connectivity index (χ0n) is 8.70. The lowest BCUT2D eigenvalue weighted by Crippen LogP contribution is -2.25. The normalized spacial score (nSPS) is 12.1. The van der Waals surface area contributed by atoms with E-state index in [-0.39, 0.29) is 17.4 Å². The topological polar surface area (TPSA) is 88.0 Å². The van der Waals surface area contributed by atoms with Crippen LogP contribution < -0.4 is 5.32 Å². The second-order valence-corrected chi connectivity index (χ2v) is 4.90. The molecule has 0 spiro atoms. The van der Waals surface area contributed by atoms with Gasteiger partial charge in [-0.25, -0.2) is 4.98 Å². The first-order valence-corrected chi connectivity index (χ1v) is 5.68. The molecule has 0 aliphatic carbocycles. The Kier molecular flexibility index (Phi) is 4.48. The van der Waals surface area contributed by atoms with Gasteiger partial charge in [-0.3, -0.25) is 4.79 Å². The molecule has 2 N–H and O–H groups in total. The van der Waals surface area contributed by atoms with Crippen molar-refractivity contribution in [1.82, 2.24) is 10.3 Å². The van der Waals surface area contributed by atoms with E-state index in [2.05, 4.69) is 26.2 Å².